The summed E-state index contributed by atoms with van der Waals surface area (Å²) in [6.45, 7) is 0.0811. The zero-order valence-electron chi connectivity index (χ0n) is 17.2. The van der Waals surface area contributed by atoms with E-state index in [1.165, 1.54) is 19.7 Å². The summed E-state index contributed by atoms with van der Waals surface area (Å²) in [5.41, 5.74) is 4.50. The highest BCUT2D eigenvalue weighted by Gasteiger charge is 2.22. The van der Waals surface area contributed by atoms with Crippen molar-refractivity contribution < 1.29 is 19.1 Å². The Labute approximate surface area is 189 Å². The number of nitrogens with zero attached hydrogens (tertiary/aromatic N) is 2. The normalized spacial score (nSPS) is 11.7. The predicted octanol–water partition coefficient (Wildman–Crippen LogP) is 3.06. The van der Waals surface area contributed by atoms with Gasteiger partial charge in [-0.25, -0.2) is 15.2 Å². The summed E-state index contributed by atoms with van der Waals surface area (Å²) in [6, 6.07) is 13.3. The molecule has 3 aromatic rings. The van der Waals surface area contributed by atoms with Gasteiger partial charge in [0.05, 0.1) is 19.7 Å². The first-order valence-electron chi connectivity index (χ1n) is 9.66. The number of halogens is 1. The van der Waals surface area contributed by atoms with Gasteiger partial charge in [0.15, 0.2) is 0 Å². The zero-order chi connectivity index (χ0) is 22.8. The number of methoxy groups -OCH3 is 1. The summed E-state index contributed by atoms with van der Waals surface area (Å²) in [5.74, 6) is 0.0116. The molecule has 0 aliphatic heterocycles. The van der Waals surface area contributed by atoms with Crippen LogP contribution in [0.1, 0.15) is 16.8 Å². The first kappa shape index (κ1) is 22.8. The third kappa shape index (κ3) is 6.85. The Morgan fingerprint density at radius 2 is 2.06 bits per heavy atom. The number of rotatable bonds is 9. The van der Waals surface area contributed by atoms with E-state index < -0.39 is 18.0 Å². The number of aromatic amines is 1. The molecule has 2 amide bonds. The summed E-state index contributed by atoms with van der Waals surface area (Å²) < 4.78 is 10.5. The fourth-order valence-electron chi connectivity index (χ4n) is 2.78. The Bertz CT molecular complexity index is 1060. The Morgan fingerprint density at radius 3 is 2.78 bits per heavy atom. The second-order valence-corrected chi connectivity index (χ2v) is 7.10. The zero-order valence-corrected chi connectivity index (χ0v) is 18.0. The highest BCUT2D eigenvalue weighted by atomic mass is 35.5. The van der Waals surface area contributed by atoms with Crippen LogP contribution in [0.5, 0.6) is 5.75 Å². The molecule has 0 radical (unpaired) electrons. The van der Waals surface area contributed by atoms with Crippen LogP contribution in [0.4, 0.5) is 4.79 Å². The van der Waals surface area contributed by atoms with E-state index in [1.807, 2.05) is 30.3 Å². The van der Waals surface area contributed by atoms with Crippen molar-refractivity contribution in [2.24, 2.45) is 5.10 Å². The number of H-pyrrole nitrogens is 1. The Balaban J connectivity index is 1.63. The van der Waals surface area contributed by atoms with Crippen LogP contribution in [0.3, 0.4) is 0 Å². The Kier molecular flexibility index (Phi) is 8.22. The fraction of sp³-hybridized carbons (Fsp3) is 0.182. The summed E-state index contributed by atoms with van der Waals surface area (Å²) in [4.78, 5) is 31.8. The van der Waals surface area contributed by atoms with Crippen LogP contribution in [-0.2, 0) is 22.6 Å². The lowest BCUT2D eigenvalue weighted by molar-refractivity contribution is -0.123. The lowest BCUT2D eigenvalue weighted by Crippen LogP contribution is -2.47. The molecule has 166 valence electrons. The molecule has 0 unspecified atom stereocenters. The van der Waals surface area contributed by atoms with E-state index in [-0.39, 0.29) is 13.0 Å². The van der Waals surface area contributed by atoms with Gasteiger partial charge in [-0.15, -0.1) is 0 Å². The highest BCUT2D eigenvalue weighted by Crippen LogP contribution is 2.20. The monoisotopic (exact) mass is 455 g/mol. The summed E-state index contributed by atoms with van der Waals surface area (Å²) in [7, 11) is 1.52. The van der Waals surface area contributed by atoms with Gasteiger partial charge in [0.1, 0.15) is 18.4 Å². The second kappa shape index (κ2) is 11.5. The van der Waals surface area contributed by atoms with Crippen LogP contribution in [0, 0.1) is 0 Å². The Hall–Kier alpha value is -3.85. The molecular weight excluding hydrogens is 434 g/mol. The number of ether oxygens (including phenoxy) is 2. The fourth-order valence-corrected chi connectivity index (χ4v) is 2.96. The van der Waals surface area contributed by atoms with Crippen LogP contribution in [-0.4, -0.2) is 41.3 Å². The molecule has 10 heteroatoms. The molecule has 0 aliphatic carbocycles. The van der Waals surface area contributed by atoms with E-state index >= 15 is 0 Å². The van der Waals surface area contributed by atoms with E-state index in [4.69, 9.17) is 21.1 Å². The molecule has 0 aliphatic rings. The molecule has 3 rings (SSSR count). The minimum absolute atomic E-state index is 0.0811. The van der Waals surface area contributed by atoms with Crippen LogP contribution in [0.15, 0.2) is 66.2 Å². The molecule has 9 nitrogen and oxygen atoms in total. The minimum Gasteiger partial charge on any atom is -0.496 e. The van der Waals surface area contributed by atoms with Crippen molar-refractivity contribution in [2.45, 2.75) is 19.1 Å². The molecule has 0 fully saturated rings. The summed E-state index contributed by atoms with van der Waals surface area (Å²) in [5, 5.41) is 7.02. The number of hydrazone groups is 1. The lowest BCUT2D eigenvalue weighted by Gasteiger charge is -2.16. The smallest absolute Gasteiger partial charge is 0.408 e. The maximum absolute atomic E-state index is 12.7. The van der Waals surface area contributed by atoms with Gasteiger partial charge in [-0.05, 0) is 23.8 Å². The van der Waals surface area contributed by atoms with Crippen molar-refractivity contribution in [3.63, 3.8) is 0 Å². The number of carbonyl (C=O) groups is 2. The van der Waals surface area contributed by atoms with Gasteiger partial charge in [-0.2, -0.15) is 5.10 Å². The number of amides is 2. The van der Waals surface area contributed by atoms with E-state index in [9.17, 15) is 9.59 Å². The largest absolute Gasteiger partial charge is 0.496 e. The van der Waals surface area contributed by atoms with Crippen molar-refractivity contribution in [1.82, 2.24) is 20.7 Å². The quantitative estimate of drug-likeness (QED) is 0.338. The maximum Gasteiger partial charge on any atom is 0.408 e. The SMILES string of the molecule is COc1ccc(Cl)cc1/C=N\NC(=O)[C@H](Cc1cnc[nH]1)NC(=O)OCc1ccccc1. The number of benzene rings is 2. The average Bonchev–Trinajstić information content (AvgIpc) is 3.31. The minimum atomic E-state index is -0.947. The first-order valence-corrected chi connectivity index (χ1v) is 10.0. The van der Waals surface area contributed by atoms with Gasteiger partial charge in [-0.3, -0.25) is 4.79 Å². The van der Waals surface area contributed by atoms with Gasteiger partial charge < -0.3 is 19.8 Å². The molecular formula is C22H22ClN5O4. The molecule has 0 bridgehead atoms. The van der Waals surface area contributed by atoms with Crippen molar-refractivity contribution in [2.75, 3.05) is 7.11 Å². The maximum atomic E-state index is 12.7. The van der Waals surface area contributed by atoms with Crippen LogP contribution in [0.2, 0.25) is 5.02 Å². The molecule has 1 atom stereocenters. The molecule has 2 aromatic carbocycles. The molecule has 32 heavy (non-hydrogen) atoms. The third-order valence-electron chi connectivity index (χ3n) is 4.37. The van der Waals surface area contributed by atoms with E-state index in [2.05, 4.69) is 25.8 Å². The summed E-state index contributed by atoms with van der Waals surface area (Å²) in [6.07, 6.45) is 3.90. The molecule has 0 spiro atoms. The van der Waals surface area contributed by atoms with Gasteiger partial charge in [-0.1, -0.05) is 41.9 Å². The lowest BCUT2D eigenvalue weighted by atomic mass is 10.1. The Morgan fingerprint density at radius 1 is 1.25 bits per heavy atom. The third-order valence-corrected chi connectivity index (χ3v) is 4.61. The average molecular weight is 456 g/mol. The van der Waals surface area contributed by atoms with Crippen LogP contribution >= 0.6 is 11.6 Å². The molecule has 1 aromatic heterocycles. The van der Waals surface area contributed by atoms with Crippen LogP contribution < -0.4 is 15.5 Å². The number of imidazole rings is 1. The van der Waals surface area contributed by atoms with Gasteiger partial charge in [0, 0.05) is 28.9 Å². The number of carbonyl (C=O) groups excluding carboxylic acids is 2. The topological polar surface area (TPSA) is 118 Å². The molecule has 1 heterocycles. The molecule has 0 saturated heterocycles. The molecule has 0 saturated carbocycles. The van der Waals surface area contributed by atoms with Crippen LogP contribution in [0.25, 0.3) is 0 Å². The van der Waals surface area contributed by atoms with Crippen molar-refractivity contribution in [3.05, 3.63) is 82.9 Å². The van der Waals surface area contributed by atoms with E-state index in [1.54, 1.807) is 24.4 Å². The highest BCUT2D eigenvalue weighted by molar-refractivity contribution is 6.30. The van der Waals surface area contributed by atoms with Gasteiger partial charge in [0.2, 0.25) is 0 Å². The predicted molar refractivity (Wildman–Crippen MR) is 120 cm³/mol. The van der Waals surface area contributed by atoms with E-state index in [0.717, 1.165) is 5.56 Å². The first-order chi connectivity index (χ1) is 15.5. The summed E-state index contributed by atoms with van der Waals surface area (Å²) >= 11 is 6.00. The van der Waals surface area contributed by atoms with Crippen molar-refractivity contribution in [3.8, 4) is 5.75 Å². The van der Waals surface area contributed by atoms with Gasteiger partial charge in [0.25, 0.3) is 5.91 Å². The van der Waals surface area contributed by atoms with Gasteiger partial charge >= 0.3 is 6.09 Å². The van der Waals surface area contributed by atoms with Crippen molar-refractivity contribution >= 4 is 29.8 Å². The number of hydrogen-bond acceptors (Lipinski definition) is 6. The standard InChI is InChI=1S/C22H22ClN5O4/c1-31-20-8-7-17(23)9-16(20)11-26-28-21(29)19(10-18-12-24-14-25-18)27-22(30)32-13-15-5-3-2-4-6-15/h2-9,11-12,14,19H,10,13H2,1H3,(H,24,25)(H,27,30)(H,28,29)/b26-11-/t19-/m0/s1. The second-order valence-electron chi connectivity index (χ2n) is 6.66. The number of hydrogen-bond donors (Lipinski definition) is 3. The molecule has 3 N–H and O–H groups in total. The number of aromatic nitrogens is 2. The van der Waals surface area contributed by atoms with Crippen molar-refractivity contribution in [1.29, 1.82) is 0 Å². The number of nitrogens with one attached hydrogen (secondary N) is 3. The number of alkyl carbamates (subject to hydrolysis) is 1. The van der Waals surface area contributed by atoms with E-state index in [0.29, 0.717) is 22.0 Å².